The molecule has 1 amide bonds. The first kappa shape index (κ1) is 19.5. The van der Waals surface area contributed by atoms with Crippen LogP contribution in [-0.2, 0) is 4.74 Å². The summed E-state index contributed by atoms with van der Waals surface area (Å²) in [6, 6.07) is 10.6. The minimum absolute atomic E-state index is 0.246. The molecule has 1 aromatic carbocycles. The van der Waals surface area contributed by atoms with Crippen molar-refractivity contribution in [2.45, 2.75) is 65.6 Å². The first-order chi connectivity index (χ1) is 10.5. The van der Waals surface area contributed by atoms with Gasteiger partial charge in [-0.3, -0.25) is 0 Å². The molecule has 0 bridgehead atoms. The Balaban J connectivity index is 2.64. The quantitative estimate of drug-likeness (QED) is 0.822. The van der Waals surface area contributed by atoms with Crippen molar-refractivity contribution in [1.29, 1.82) is 0 Å². The fourth-order valence-corrected chi connectivity index (χ4v) is 2.39. The summed E-state index contributed by atoms with van der Waals surface area (Å²) in [7, 11) is 0. The van der Waals surface area contributed by atoms with E-state index in [1.54, 1.807) is 0 Å². The molecule has 4 heteroatoms. The van der Waals surface area contributed by atoms with Crippen molar-refractivity contribution in [3.63, 3.8) is 0 Å². The minimum atomic E-state index is -0.488. The smallest absolute Gasteiger partial charge is 0.408 e. The van der Waals surface area contributed by atoms with Crippen LogP contribution in [0.1, 0.15) is 60.1 Å². The second kappa shape index (κ2) is 7.82. The lowest BCUT2D eigenvalue weighted by Gasteiger charge is -2.32. The van der Waals surface area contributed by atoms with Crippen molar-refractivity contribution in [3.05, 3.63) is 35.9 Å². The van der Waals surface area contributed by atoms with Gasteiger partial charge in [0.15, 0.2) is 0 Å². The molecule has 4 nitrogen and oxygen atoms in total. The van der Waals surface area contributed by atoms with Gasteiger partial charge in [-0.05, 0) is 46.1 Å². The molecule has 0 aliphatic rings. The lowest BCUT2D eigenvalue weighted by Crippen LogP contribution is -2.52. The van der Waals surface area contributed by atoms with Crippen LogP contribution in [0.5, 0.6) is 0 Å². The fourth-order valence-electron chi connectivity index (χ4n) is 2.39. The molecule has 0 aromatic heterocycles. The molecule has 2 N–H and O–H groups in total. The Morgan fingerprint density at radius 1 is 1.09 bits per heavy atom. The fraction of sp³-hybridized carbons (Fsp3) is 0.632. The van der Waals surface area contributed by atoms with Crippen molar-refractivity contribution in [1.82, 2.24) is 10.6 Å². The average molecular weight is 320 g/mol. The van der Waals surface area contributed by atoms with Gasteiger partial charge in [-0.2, -0.15) is 0 Å². The van der Waals surface area contributed by atoms with Crippen LogP contribution in [0.4, 0.5) is 4.79 Å². The summed E-state index contributed by atoms with van der Waals surface area (Å²) in [4.78, 5) is 12.0. The number of carbonyl (C=O) groups excluding carboxylic acids is 1. The molecule has 0 aliphatic heterocycles. The number of ether oxygens (including phenoxy) is 1. The van der Waals surface area contributed by atoms with E-state index in [0.29, 0.717) is 12.5 Å². The summed E-state index contributed by atoms with van der Waals surface area (Å²) < 4.78 is 5.33. The molecule has 1 rings (SSSR count). The number of carbonyl (C=O) groups is 1. The van der Waals surface area contributed by atoms with E-state index in [1.807, 2.05) is 40.7 Å². The van der Waals surface area contributed by atoms with Crippen LogP contribution in [0.2, 0.25) is 0 Å². The third-order valence-electron chi connectivity index (χ3n) is 3.43. The molecule has 0 fully saturated rings. The van der Waals surface area contributed by atoms with Gasteiger partial charge in [-0.15, -0.1) is 0 Å². The third kappa shape index (κ3) is 7.51. The van der Waals surface area contributed by atoms with E-state index in [1.165, 1.54) is 5.56 Å². The summed E-state index contributed by atoms with van der Waals surface area (Å²) in [5, 5.41) is 6.51. The monoisotopic (exact) mass is 320 g/mol. The van der Waals surface area contributed by atoms with E-state index in [4.69, 9.17) is 4.74 Å². The zero-order valence-electron chi connectivity index (χ0n) is 15.6. The Hall–Kier alpha value is -1.55. The van der Waals surface area contributed by atoms with E-state index >= 15 is 0 Å². The van der Waals surface area contributed by atoms with E-state index in [9.17, 15) is 4.79 Å². The Morgan fingerprint density at radius 3 is 2.13 bits per heavy atom. The van der Waals surface area contributed by atoms with Gasteiger partial charge in [0.25, 0.3) is 0 Å². The normalized spacial score (nSPS) is 13.7. The maximum atomic E-state index is 12.0. The molecule has 1 unspecified atom stereocenters. The highest BCUT2D eigenvalue weighted by Crippen LogP contribution is 2.22. The lowest BCUT2D eigenvalue weighted by atomic mass is 9.94. The zero-order chi connectivity index (χ0) is 17.7. The molecule has 1 atom stereocenters. The van der Waals surface area contributed by atoms with Crippen LogP contribution >= 0.6 is 0 Å². The SMILES string of the molecule is CC(C)C(NCC(C)(C)NC(=O)OC(C)(C)C)c1ccccc1. The van der Waals surface area contributed by atoms with Gasteiger partial charge in [0, 0.05) is 12.6 Å². The number of hydrogen-bond acceptors (Lipinski definition) is 3. The number of amides is 1. The highest BCUT2D eigenvalue weighted by atomic mass is 16.6. The van der Waals surface area contributed by atoms with Gasteiger partial charge in [0.05, 0.1) is 5.54 Å². The first-order valence-electron chi connectivity index (χ1n) is 8.30. The van der Waals surface area contributed by atoms with Crippen molar-refractivity contribution >= 4 is 6.09 Å². The van der Waals surface area contributed by atoms with Crippen LogP contribution < -0.4 is 10.6 Å². The highest BCUT2D eigenvalue weighted by molar-refractivity contribution is 5.68. The molecule has 0 radical (unpaired) electrons. The van der Waals surface area contributed by atoms with Gasteiger partial charge in [-0.25, -0.2) is 4.79 Å². The number of nitrogens with one attached hydrogen (secondary N) is 2. The maximum Gasteiger partial charge on any atom is 0.408 e. The summed E-state index contributed by atoms with van der Waals surface area (Å²) in [6.07, 6.45) is -0.384. The van der Waals surface area contributed by atoms with Gasteiger partial charge in [0.2, 0.25) is 0 Å². The number of alkyl carbamates (subject to hydrolysis) is 1. The lowest BCUT2D eigenvalue weighted by molar-refractivity contribution is 0.0470. The molecule has 1 aromatic rings. The predicted octanol–water partition coefficient (Wildman–Crippen LogP) is 4.28. The molecule has 0 saturated carbocycles. The van der Waals surface area contributed by atoms with E-state index in [-0.39, 0.29) is 12.1 Å². The van der Waals surface area contributed by atoms with Crippen molar-refractivity contribution in [3.8, 4) is 0 Å². The Labute approximate surface area is 141 Å². The molecular weight excluding hydrogens is 288 g/mol. The van der Waals surface area contributed by atoms with Crippen LogP contribution in [-0.4, -0.2) is 23.8 Å². The molecular formula is C19H32N2O2. The predicted molar refractivity (Wildman–Crippen MR) is 95.5 cm³/mol. The van der Waals surface area contributed by atoms with Gasteiger partial charge in [-0.1, -0.05) is 44.2 Å². The average Bonchev–Trinajstić information content (AvgIpc) is 2.36. The number of rotatable bonds is 6. The van der Waals surface area contributed by atoms with E-state index in [2.05, 4.69) is 48.7 Å². The maximum absolute atomic E-state index is 12.0. The Morgan fingerprint density at radius 2 is 1.65 bits per heavy atom. The topological polar surface area (TPSA) is 50.4 Å². The Kier molecular flexibility index (Phi) is 6.63. The molecule has 23 heavy (non-hydrogen) atoms. The third-order valence-corrected chi connectivity index (χ3v) is 3.43. The van der Waals surface area contributed by atoms with Gasteiger partial charge in [0.1, 0.15) is 5.60 Å². The first-order valence-corrected chi connectivity index (χ1v) is 8.30. The number of benzene rings is 1. The molecule has 0 saturated heterocycles. The second-order valence-electron chi connectivity index (χ2n) is 8.02. The highest BCUT2D eigenvalue weighted by Gasteiger charge is 2.26. The van der Waals surface area contributed by atoms with Crippen molar-refractivity contribution in [2.75, 3.05) is 6.54 Å². The van der Waals surface area contributed by atoms with Crippen LogP contribution in [0.25, 0.3) is 0 Å². The van der Waals surface area contributed by atoms with Crippen LogP contribution in [0, 0.1) is 5.92 Å². The largest absolute Gasteiger partial charge is 0.444 e. The molecule has 0 heterocycles. The second-order valence-corrected chi connectivity index (χ2v) is 8.02. The van der Waals surface area contributed by atoms with Crippen molar-refractivity contribution in [2.24, 2.45) is 5.92 Å². The van der Waals surface area contributed by atoms with E-state index < -0.39 is 11.1 Å². The standard InChI is InChI=1S/C19H32N2O2/c1-14(2)16(15-11-9-8-10-12-15)20-13-19(6,7)21-17(22)23-18(3,4)5/h8-12,14,16,20H,13H2,1-7H3,(H,21,22). The molecule has 0 spiro atoms. The summed E-state index contributed by atoms with van der Waals surface area (Å²) in [5.41, 5.74) is 0.373. The van der Waals surface area contributed by atoms with Crippen molar-refractivity contribution < 1.29 is 9.53 Å². The van der Waals surface area contributed by atoms with Gasteiger partial charge < -0.3 is 15.4 Å². The van der Waals surface area contributed by atoms with Crippen LogP contribution in [0.3, 0.4) is 0 Å². The van der Waals surface area contributed by atoms with Crippen LogP contribution in [0.15, 0.2) is 30.3 Å². The molecule has 0 aliphatic carbocycles. The summed E-state index contributed by atoms with van der Waals surface area (Å²) in [5.74, 6) is 0.453. The zero-order valence-corrected chi connectivity index (χ0v) is 15.6. The minimum Gasteiger partial charge on any atom is -0.444 e. The molecule has 130 valence electrons. The summed E-state index contributed by atoms with van der Waals surface area (Å²) in [6.45, 7) is 14.6. The van der Waals surface area contributed by atoms with Gasteiger partial charge >= 0.3 is 6.09 Å². The van der Waals surface area contributed by atoms with E-state index in [0.717, 1.165) is 0 Å². The Bertz CT molecular complexity index is 490. The number of hydrogen-bond donors (Lipinski definition) is 2. The summed E-state index contributed by atoms with van der Waals surface area (Å²) >= 11 is 0.